The maximum absolute atomic E-state index is 12.0. The van der Waals surface area contributed by atoms with Crippen LogP contribution in [0.4, 0.5) is 0 Å². The molecule has 23 heavy (non-hydrogen) atoms. The van der Waals surface area contributed by atoms with Crippen LogP contribution in [0.2, 0.25) is 13.3 Å². The number of nitrogens with zero attached hydrogens (tertiary/aromatic N) is 1. The summed E-state index contributed by atoms with van der Waals surface area (Å²) in [5.74, 6) is -0.208. The molecular formula is C19H35NO2Sn. The first-order chi connectivity index (χ1) is 11.1. The van der Waals surface area contributed by atoms with Crippen LogP contribution in [-0.4, -0.2) is 36.0 Å². The van der Waals surface area contributed by atoms with Gasteiger partial charge in [0.05, 0.1) is 0 Å². The van der Waals surface area contributed by atoms with Gasteiger partial charge in [-0.25, -0.2) is 0 Å². The van der Waals surface area contributed by atoms with E-state index in [0.29, 0.717) is 5.69 Å². The van der Waals surface area contributed by atoms with E-state index < -0.39 is 18.4 Å². The molecule has 4 heteroatoms. The minimum absolute atomic E-state index is 0.208. The van der Waals surface area contributed by atoms with Gasteiger partial charge in [0, 0.05) is 0 Å². The second-order valence-electron chi connectivity index (χ2n) is 6.75. The number of methoxy groups -OCH3 is 1. The number of carbonyl (C=O) groups is 1. The van der Waals surface area contributed by atoms with E-state index >= 15 is 0 Å². The number of rotatable bonds is 11. The third-order valence-electron chi connectivity index (χ3n) is 5.09. The molecule has 0 saturated heterocycles. The Balaban J connectivity index is 3.23. The molecule has 0 saturated carbocycles. The van der Waals surface area contributed by atoms with Crippen LogP contribution in [0.3, 0.4) is 0 Å². The molecule has 0 spiro atoms. The summed E-state index contributed by atoms with van der Waals surface area (Å²) in [5.41, 5.74) is 0.716. The van der Waals surface area contributed by atoms with Gasteiger partial charge in [0.15, 0.2) is 0 Å². The second-order valence-corrected chi connectivity index (χ2v) is 19.8. The van der Waals surface area contributed by atoms with Crippen molar-refractivity contribution < 1.29 is 9.53 Å². The molecule has 0 fully saturated rings. The van der Waals surface area contributed by atoms with E-state index in [1.807, 2.05) is 6.07 Å². The molecule has 0 aliphatic rings. The zero-order chi connectivity index (χ0) is 17.3. The molecule has 1 heterocycles. The summed E-state index contributed by atoms with van der Waals surface area (Å²) in [6, 6.07) is 4.24. The minimum atomic E-state index is -2.46. The molecule has 132 valence electrons. The van der Waals surface area contributed by atoms with Crippen molar-refractivity contribution in [3.05, 3.63) is 17.8 Å². The van der Waals surface area contributed by atoms with Crippen LogP contribution < -0.4 is 3.71 Å². The standard InChI is InChI=1S/C7H8NO2.3C4H9.Sn/c1-8-5-3-4-6(8)7(9)10-2;3*1-3-4-2;/h3-4H,1-2H3;3*1,3-4H2,2H3;. The molecule has 1 aromatic rings. The topological polar surface area (TPSA) is 31.2 Å². The van der Waals surface area contributed by atoms with E-state index in [-0.39, 0.29) is 5.97 Å². The number of unbranched alkanes of at least 4 members (excludes halogenated alkanes) is 3. The predicted molar refractivity (Wildman–Crippen MR) is 101 cm³/mol. The molecule has 0 radical (unpaired) electrons. The van der Waals surface area contributed by atoms with Gasteiger partial charge in [-0.1, -0.05) is 0 Å². The van der Waals surface area contributed by atoms with Crippen LogP contribution in [-0.2, 0) is 11.8 Å². The van der Waals surface area contributed by atoms with Gasteiger partial charge in [-0.05, 0) is 0 Å². The van der Waals surface area contributed by atoms with Crippen molar-refractivity contribution in [3.63, 3.8) is 0 Å². The van der Waals surface area contributed by atoms with E-state index in [1.165, 1.54) is 62.7 Å². The summed E-state index contributed by atoms with van der Waals surface area (Å²) in [6.45, 7) is 6.88. The quantitative estimate of drug-likeness (QED) is 0.372. The van der Waals surface area contributed by atoms with E-state index in [1.54, 1.807) is 0 Å². The van der Waals surface area contributed by atoms with Gasteiger partial charge in [-0.15, -0.1) is 0 Å². The fourth-order valence-electron chi connectivity index (χ4n) is 3.66. The molecule has 0 aliphatic carbocycles. The van der Waals surface area contributed by atoms with Crippen molar-refractivity contribution in [2.45, 2.75) is 72.6 Å². The summed E-state index contributed by atoms with van der Waals surface area (Å²) in [7, 11) is 3.54. The van der Waals surface area contributed by atoms with Crippen LogP contribution >= 0.6 is 0 Å². The first-order valence-electron chi connectivity index (χ1n) is 9.30. The Labute approximate surface area is 146 Å². The normalized spacial score (nSPS) is 11.7. The number of hydrogen-bond acceptors (Lipinski definition) is 2. The van der Waals surface area contributed by atoms with Crippen molar-refractivity contribution in [2.24, 2.45) is 7.05 Å². The Morgan fingerprint density at radius 2 is 1.48 bits per heavy atom. The molecule has 0 aromatic carbocycles. The monoisotopic (exact) mass is 429 g/mol. The number of ether oxygens (including phenoxy) is 1. The summed E-state index contributed by atoms with van der Waals surface area (Å²) in [6.07, 6.45) is 7.81. The Hall–Kier alpha value is -0.451. The maximum atomic E-state index is 12.0. The molecule has 0 unspecified atom stereocenters. The zero-order valence-electron chi connectivity index (χ0n) is 15.8. The molecule has 0 atom stereocenters. The zero-order valence-corrected chi connectivity index (χ0v) is 18.6. The summed E-state index contributed by atoms with van der Waals surface area (Å²) in [5, 5.41) is 0. The van der Waals surface area contributed by atoms with Crippen LogP contribution in [0.15, 0.2) is 12.1 Å². The van der Waals surface area contributed by atoms with E-state index in [0.717, 1.165) is 0 Å². The van der Waals surface area contributed by atoms with Gasteiger partial charge < -0.3 is 0 Å². The first kappa shape index (κ1) is 20.6. The molecule has 0 bridgehead atoms. The summed E-state index contributed by atoms with van der Waals surface area (Å²) in [4.78, 5) is 12.0. The van der Waals surface area contributed by atoms with Gasteiger partial charge in [0.25, 0.3) is 0 Å². The Morgan fingerprint density at radius 3 is 1.87 bits per heavy atom. The molecule has 0 aliphatic heterocycles. The van der Waals surface area contributed by atoms with Crippen molar-refractivity contribution in [1.82, 2.24) is 4.57 Å². The number of esters is 1. The average Bonchev–Trinajstić information content (AvgIpc) is 2.96. The summed E-state index contributed by atoms with van der Waals surface area (Å²) < 4.78 is 12.9. The average molecular weight is 428 g/mol. The van der Waals surface area contributed by atoms with Crippen LogP contribution in [0.5, 0.6) is 0 Å². The second kappa shape index (κ2) is 10.4. The van der Waals surface area contributed by atoms with Gasteiger partial charge in [0.1, 0.15) is 0 Å². The Kier molecular flexibility index (Phi) is 9.33. The van der Waals surface area contributed by atoms with Gasteiger partial charge in [-0.2, -0.15) is 0 Å². The van der Waals surface area contributed by atoms with Crippen molar-refractivity contribution in [1.29, 1.82) is 0 Å². The van der Waals surface area contributed by atoms with Gasteiger partial charge in [0.2, 0.25) is 0 Å². The van der Waals surface area contributed by atoms with E-state index in [2.05, 4.69) is 38.5 Å². The Bertz CT molecular complexity index is 460. The van der Waals surface area contributed by atoms with Crippen molar-refractivity contribution >= 4 is 28.1 Å². The van der Waals surface area contributed by atoms with Crippen molar-refractivity contribution in [2.75, 3.05) is 7.11 Å². The molecular weight excluding hydrogens is 393 g/mol. The van der Waals surface area contributed by atoms with Gasteiger partial charge >= 0.3 is 147 Å². The number of carbonyl (C=O) groups excluding carboxylic acids is 1. The predicted octanol–water partition coefficient (Wildman–Crippen LogP) is 4.87. The fourth-order valence-corrected chi connectivity index (χ4v) is 20.4. The third kappa shape index (κ3) is 5.26. The van der Waals surface area contributed by atoms with Crippen molar-refractivity contribution in [3.8, 4) is 0 Å². The fraction of sp³-hybridized carbons (Fsp3) is 0.737. The molecule has 1 aromatic heterocycles. The van der Waals surface area contributed by atoms with Crippen LogP contribution in [0.25, 0.3) is 0 Å². The first-order valence-corrected chi connectivity index (χ1v) is 16.8. The number of hydrogen-bond donors (Lipinski definition) is 0. The van der Waals surface area contributed by atoms with Crippen LogP contribution in [0, 0.1) is 0 Å². The van der Waals surface area contributed by atoms with E-state index in [9.17, 15) is 4.79 Å². The Morgan fingerprint density at radius 1 is 1.00 bits per heavy atom. The molecule has 1 rings (SSSR count). The van der Waals surface area contributed by atoms with Gasteiger partial charge in [-0.3, -0.25) is 0 Å². The van der Waals surface area contributed by atoms with E-state index in [4.69, 9.17) is 4.74 Å². The molecule has 0 amide bonds. The van der Waals surface area contributed by atoms with Crippen LogP contribution in [0.1, 0.15) is 69.8 Å². The SMILES string of the molecule is CCC[CH2][Sn]([CH2]CCC)([CH2]CCC)[c]1ccc(C(=O)OC)n1C. The molecule has 0 N–H and O–H groups in total. The third-order valence-corrected chi connectivity index (χ3v) is 20.8. The molecule has 3 nitrogen and oxygen atoms in total. The number of aromatic nitrogens is 1. The summed E-state index contributed by atoms with van der Waals surface area (Å²) >= 11 is -2.46.